The summed E-state index contributed by atoms with van der Waals surface area (Å²) >= 11 is 18.1. The monoisotopic (exact) mass is 632 g/mol. The van der Waals surface area contributed by atoms with Crippen molar-refractivity contribution in [3.63, 3.8) is 0 Å². The van der Waals surface area contributed by atoms with Crippen LogP contribution in [0.4, 0.5) is 0 Å². The molecule has 0 spiro atoms. The molecule has 0 bridgehead atoms. The Morgan fingerprint density at radius 1 is 1.16 bits per heavy atom. The second kappa shape index (κ2) is 11.2. The largest absolute Gasteiger partial charge is 0.496 e. The van der Waals surface area contributed by atoms with Gasteiger partial charge in [-0.05, 0) is 80.5 Å². The zero-order valence-corrected chi connectivity index (χ0v) is 21.4. The third-order valence-electron chi connectivity index (χ3n) is 4.14. The molecule has 0 atom stereocenters. The van der Waals surface area contributed by atoms with Crippen LogP contribution >= 0.6 is 61.7 Å². The number of hydrogen-bond acceptors (Lipinski definition) is 4. The number of nitrogens with one attached hydrogen (secondary N) is 1. The number of benzene rings is 3. The van der Waals surface area contributed by atoms with E-state index in [-0.39, 0.29) is 12.5 Å². The number of hydrazone groups is 1. The van der Waals surface area contributed by atoms with Gasteiger partial charge in [-0.2, -0.15) is 5.10 Å². The maximum atomic E-state index is 12.3. The Bertz CT molecular complexity index is 1120. The predicted octanol–water partition coefficient (Wildman–Crippen LogP) is 6.71. The molecule has 0 radical (unpaired) electrons. The summed E-state index contributed by atoms with van der Waals surface area (Å²) in [5.41, 5.74) is 4.47. The van der Waals surface area contributed by atoms with Crippen LogP contribution in [0.15, 0.2) is 64.2 Å². The van der Waals surface area contributed by atoms with Crippen molar-refractivity contribution < 1.29 is 14.3 Å². The number of carbonyl (C=O) groups is 1. The molecule has 9 heteroatoms. The Kier molecular flexibility index (Phi) is 8.59. The number of rotatable bonds is 7. The van der Waals surface area contributed by atoms with Crippen molar-refractivity contribution >= 4 is 73.8 Å². The van der Waals surface area contributed by atoms with E-state index in [1.54, 1.807) is 43.5 Å². The Labute approximate surface area is 212 Å². The fourth-order valence-electron chi connectivity index (χ4n) is 2.59. The average Bonchev–Trinajstić information content (AvgIpc) is 2.74. The summed E-state index contributed by atoms with van der Waals surface area (Å²) in [4.78, 5) is 12.3. The maximum absolute atomic E-state index is 12.3. The zero-order valence-electron chi connectivity index (χ0n) is 16.2. The number of hydrogen-bond donors (Lipinski definition) is 1. The molecule has 31 heavy (non-hydrogen) atoms. The lowest BCUT2D eigenvalue weighted by Crippen LogP contribution is -2.17. The second-order valence-electron chi connectivity index (χ2n) is 6.24. The van der Waals surface area contributed by atoms with Crippen molar-refractivity contribution in [1.29, 1.82) is 0 Å². The van der Waals surface area contributed by atoms with E-state index < -0.39 is 0 Å². The van der Waals surface area contributed by atoms with Crippen LogP contribution in [0.25, 0.3) is 0 Å². The molecule has 5 nitrogen and oxygen atoms in total. The first-order chi connectivity index (χ1) is 14.9. The standard InChI is InChI=1S/C22H16BrCl2IN2O3/c1-30-20-10-14(6-7-19(20)26)22(29)28-27-11-13-8-16(23)21(18(25)9-13)31-12-15-4-2-3-5-17(15)24/h2-11H,12H2,1H3,(H,28,29)/b27-11-. The van der Waals surface area contributed by atoms with Gasteiger partial charge in [0.15, 0.2) is 5.75 Å². The molecule has 3 aromatic rings. The molecule has 160 valence electrons. The lowest BCUT2D eigenvalue weighted by molar-refractivity contribution is 0.0954. The van der Waals surface area contributed by atoms with Crippen LogP contribution in [0, 0.1) is 3.57 Å². The number of amides is 1. The Morgan fingerprint density at radius 2 is 1.94 bits per heavy atom. The predicted molar refractivity (Wildman–Crippen MR) is 136 cm³/mol. The van der Waals surface area contributed by atoms with Gasteiger partial charge in [0.25, 0.3) is 5.91 Å². The minimum Gasteiger partial charge on any atom is -0.496 e. The molecule has 0 aliphatic heterocycles. The second-order valence-corrected chi connectivity index (χ2v) is 9.07. The van der Waals surface area contributed by atoms with E-state index in [1.807, 2.05) is 18.2 Å². The highest BCUT2D eigenvalue weighted by Crippen LogP contribution is 2.35. The fourth-order valence-corrected chi connectivity index (χ4v) is 4.32. The van der Waals surface area contributed by atoms with E-state index in [1.165, 1.54) is 6.21 Å². The lowest BCUT2D eigenvalue weighted by Gasteiger charge is -2.12. The summed E-state index contributed by atoms with van der Waals surface area (Å²) in [5, 5.41) is 5.03. The van der Waals surface area contributed by atoms with Crippen LogP contribution in [0.3, 0.4) is 0 Å². The molecular formula is C22H16BrCl2IN2O3. The van der Waals surface area contributed by atoms with Gasteiger partial charge < -0.3 is 9.47 Å². The van der Waals surface area contributed by atoms with Gasteiger partial charge in [0, 0.05) is 16.1 Å². The highest BCUT2D eigenvalue weighted by molar-refractivity contribution is 14.1. The van der Waals surface area contributed by atoms with E-state index >= 15 is 0 Å². The van der Waals surface area contributed by atoms with Crippen molar-refractivity contribution in [3.8, 4) is 11.5 Å². The van der Waals surface area contributed by atoms with Crippen LogP contribution in [-0.4, -0.2) is 19.2 Å². The molecule has 0 heterocycles. The molecule has 1 amide bonds. The van der Waals surface area contributed by atoms with E-state index in [0.717, 1.165) is 9.13 Å². The van der Waals surface area contributed by atoms with Crippen molar-refractivity contribution in [2.75, 3.05) is 7.11 Å². The quantitative estimate of drug-likeness (QED) is 0.179. The van der Waals surface area contributed by atoms with Gasteiger partial charge >= 0.3 is 0 Å². The van der Waals surface area contributed by atoms with E-state index in [2.05, 4.69) is 49.0 Å². The molecule has 0 aliphatic rings. The summed E-state index contributed by atoms with van der Waals surface area (Å²) in [6, 6.07) is 16.1. The number of carbonyl (C=O) groups excluding carboxylic acids is 1. The van der Waals surface area contributed by atoms with Gasteiger partial charge in [0.1, 0.15) is 12.4 Å². The van der Waals surface area contributed by atoms with Crippen molar-refractivity contribution in [1.82, 2.24) is 5.43 Å². The molecule has 0 fully saturated rings. The Hall–Kier alpha value is -1.81. The summed E-state index contributed by atoms with van der Waals surface area (Å²) in [5.74, 6) is 0.768. The molecule has 0 saturated heterocycles. The third kappa shape index (κ3) is 6.35. The normalized spacial score (nSPS) is 10.9. The van der Waals surface area contributed by atoms with Crippen LogP contribution < -0.4 is 14.9 Å². The number of ether oxygens (including phenoxy) is 2. The van der Waals surface area contributed by atoms with Crippen molar-refractivity contribution in [2.24, 2.45) is 5.10 Å². The molecule has 0 unspecified atom stereocenters. The first-order valence-electron chi connectivity index (χ1n) is 8.91. The SMILES string of the molecule is COc1cc(C(=O)N/N=C\c2cc(Cl)c(OCc3ccccc3Cl)c(Br)c2)ccc1I. The minimum atomic E-state index is -0.351. The lowest BCUT2D eigenvalue weighted by atomic mass is 10.2. The topological polar surface area (TPSA) is 59.9 Å². The van der Waals surface area contributed by atoms with Gasteiger partial charge in [0.05, 0.1) is 26.4 Å². The van der Waals surface area contributed by atoms with Crippen LogP contribution in [0.1, 0.15) is 21.5 Å². The molecule has 0 aromatic heterocycles. The third-order valence-corrected chi connectivity index (χ3v) is 6.27. The summed E-state index contributed by atoms with van der Waals surface area (Å²) in [6.07, 6.45) is 1.50. The maximum Gasteiger partial charge on any atom is 0.271 e. The van der Waals surface area contributed by atoms with Gasteiger partial charge in [-0.1, -0.05) is 41.4 Å². The van der Waals surface area contributed by atoms with Crippen molar-refractivity contribution in [2.45, 2.75) is 6.61 Å². The Morgan fingerprint density at radius 3 is 2.65 bits per heavy atom. The van der Waals surface area contributed by atoms with Gasteiger partial charge in [0.2, 0.25) is 0 Å². The fraction of sp³-hybridized carbons (Fsp3) is 0.0909. The van der Waals surface area contributed by atoms with Gasteiger partial charge in [-0.25, -0.2) is 5.43 Å². The number of methoxy groups -OCH3 is 1. The van der Waals surface area contributed by atoms with Crippen molar-refractivity contribution in [3.05, 3.63) is 89.4 Å². The number of halogens is 4. The van der Waals surface area contributed by atoms with E-state index in [4.69, 9.17) is 32.7 Å². The first-order valence-corrected chi connectivity index (χ1v) is 11.5. The highest BCUT2D eigenvalue weighted by Gasteiger charge is 2.11. The number of nitrogens with zero attached hydrogens (tertiary/aromatic N) is 1. The van der Waals surface area contributed by atoms with Gasteiger partial charge in [-0.15, -0.1) is 0 Å². The van der Waals surface area contributed by atoms with Crippen LogP contribution in [0.5, 0.6) is 11.5 Å². The minimum absolute atomic E-state index is 0.279. The highest BCUT2D eigenvalue weighted by atomic mass is 127. The summed E-state index contributed by atoms with van der Waals surface area (Å²) in [6.45, 7) is 0.279. The molecular weight excluding hydrogens is 618 g/mol. The summed E-state index contributed by atoms with van der Waals surface area (Å²) in [7, 11) is 1.56. The average molecular weight is 634 g/mol. The Balaban J connectivity index is 1.66. The van der Waals surface area contributed by atoms with Crippen LogP contribution in [0.2, 0.25) is 10.0 Å². The van der Waals surface area contributed by atoms with E-state index in [0.29, 0.717) is 37.1 Å². The molecule has 0 aliphatic carbocycles. The van der Waals surface area contributed by atoms with Gasteiger partial charge in [-0.3, -0.25) is 4.79 Å². The van der Waals surface area contributed by atoms with E-state index in [9.17, 15) is 4.79 Å². The molecule has 3 aromatic carbocycles. The molecule has 3 rings (SSSR count). The smallest absolute Gasteiger partial charge is 0.271 e. The molecule has 0 saturated carbocycles. The van der Waals surface area contributed by atoms with Crippen LogP contribution in [-0.2, 0) is 6.61 Å². The first kappa shape index (κ1) is 23.8. The summed E-state index contributed by atoms with van der Waals surface area (Å²) < 4.78 is 12.6. The zero-order chi connectivity index (χ0) is 22.4. The molecule has 1 N–H and O–H groups in total.